The summed E-state index contributed by atoms with van der Waals surface area (Å²) in [6, 6.07) is 0. The zero-order valence-corrected chi connectivity index (χ0v) is 14.3. The van der Waals surface area contributed by atoms with Crippen LogP contribution in [0.4, 0.5) is 0 Å². The van der Waals surface area contributed by atoms with Crippen molar-refractivity contribution in [3.05, 3.63) is 0 Å². The summed E-state index contributed by atoms with van der Waals surface area (Å²) in [5, 5.41) is 21.5. The first-order valence-corrected chi connectivity index (χ1v) is 8.09. The molecule has 1 atom stereocenters. The van der Waals surface area contributed by atoms with Crippen molar-refractivity contribution in [2.45, 2.75) is 40.0 Å². The molecule has 0 aromatic heterocycles. The van der Waals surface area contributed by atoms with Gasteiger partial charge in [-0.1, -0.05) is 0 Å². The van der Waals surface area contributed by atoms with E-state index in [4.69, 9.17) is 12.2 Å². The Morgan fingerprint density at radius 2 is 2.09 bits per heavy atom. The minimum Gasteiger partial charge on any atom is -0.396 e. The molecule has 0 saturated heterocycles. The summed E-state index contributed by atoms with van der Waals surface area (Å²) < 4.78 is 0. The van der Waals surface area contributed by atoms with Crippen LogP contribution in [0.3, 0.4) is 0 Å². The Labute approximate surface area is 137 Å². The molecule has 1 unspecified atom stereocenters. The largest absolute Gasteiger partial charge is 0.396 e. The molecule has 0 amide bonds. The fourth-order valence-electron chi connectivity index (χ4n) is 2.25. The van der Waals surface area contributed by atoms with Crippen molar-refractivity contribution in [1.29, 1.82) is 0 Å². The average molecular weight is 326 g/mol. The first-order valence-electron chi connectivity index (χ1n) is 7.68. The molecule has 22 heavy (non-hydrogen) atoms. The van der Waals surface area contributed by atoms with E-state index in [0.717, 1.165) is 43.2 Å². The number of hydrazone groups is 2. The topological polar surface area (TPSA) is 93.4 Å². The second-order valence-corrected chi connectivity index (χ2v) is 5.35. The van der Waals surface area contributed by atoms with Gasteiger partial charge < -0.3 is 10.4 Å². The van der Waals surface area contributed by atoms with Gasteiger partial charge >= 0.3 is 0 Å². The molecule has 8 heteroatoms. The highest BCUT2D eigenvalue weighted by molar-refractivity contribution is 7.80. The fourth-order valence-corrected chi connectivity index (χ4v) is 2.44. The summed E-state index contributed by atoms with van der Waals surface area (Å²) >= 11 is 5.12. The van der Waals surface area contributed by atoms with Gasteiger partial charge in [-0.25, -0.2) is 0 Å². The van der Waals surface area contributed by atoms with E-state index in [0.29, 0.717) is 11.5 Å². The van der Waals surface area contributed by atoms with Gasteiger partial charge in [0.15, 0.2) is 5.11 Å². The van der Waals surface area contributed by atoms with Crippen LogP contribution >= 0.6 is 12.2 Å². The van der Waals surface area contributed by atoms with E-state index in [9.17, 15) is 5.11 Å². The minimum atomic E-state index is 0.137. The van der Waals surface area contributed by atoms with Crippen molar-refractivity contribution in [3.8, 4) is 0 Å². The standard InChI is InChI=1S/C14H26N6OS/c1-4-15-10(3)17-18-12-7-6-11(8-9-21)13(12)19-20-14(22)16-5-2/h11,21H,4-9H2,1-3H3,(H,15,17)(H2,16,20,22)/b18-12+,19-13+. The second kappa shape index (κ2) is 10.2. The van der Waals surface area contributed by atoms with Crippen molar-refractivity contribution >= 4 is 34.6 Å². The Bertz CT molecular complexity index is 460. The fraction of sp³-hybridized carbons (Fsp3) is 0.714. The van der Waals surface area contributed by atoms with Gasteiger partial charge in [0.2, 0.25) is 0 Å². The lowest BCUT2D eigenvalue weighted by Crippen LogP contribution is -2.33. The van der Waals surface area contributed by atoms with Crippen LogP contribution in [0, 0.1) is 5.92 Å². The Morgan fingerprint density at radius 1 is 1.32 bits per heavy atom. The molecule has 0 radical (unpaired) electrons. The number of aliphatic hydroxyl groups excluding tert-OH is 1. The molecule has 124 valence electrons. The highest BCUT2D eigenvalue weighted by Crippen LogP contribution is 2.23. The summed E-state index contributed by atoms with van der Waals surface area (Å²) in [6.07, 6.45) is 2.43. The molecule has 4 N–H and O–H groups in total. The van der Waals surface area contributed by atoms with Crippen molar-refractivity contribution in [3.63, 3.8) is 0 Å². The van der Waals surface area contributed by atoms with Crippen LogP contribution in [-0.4, -0.2) is 47.2 Å². The SMILES string of the molecule is CCN=C(C)N/N=C1\CCC(CCO)\C1=N/NC(=S)NCC. The molecule has 1 aliphatic rings. The highest BCUT2D eigenvalue weighted by atomic mass is 32.1. The van der Waals surface area contributed by atoms with Crippen LogP contribution in [0.25, 0.3) is 0 Å². The lowest BCUT2D eigenvalue weighted by molar-refractivity contribution is 0.273. The lowest BCUT2D eigenvalue weighted by Gasteiger charge is -2.11. The maximum atomic E-state index is 9.19. The summed E-state index contributed by atoms with van der Waals surface area (Å²) in [5.74, 6) is 0.974. The van der Waals surface area contributed by atoms with Gasteiger partial charge in [0.1, 0.15) is 5.84 Å². The predicted octanol–water partition coefficient (Wildman–Crippen LogP) is 1.00. The van der Waals surface area contributed by atoms with E-state index < -0.39 is 0 Å². The predicted molar refractivity (Wildman–Crippen MR) is 95.5 cm³/mol. The summed E-state index contributed by atoms with van der Waals surface area (Å²) in [6.45, 7) is 7.42. The molecule has 1 rings (SSSR count). The average Bonchev–Trinajstić information content (AvgIpc) is 2.86. The van der Waals surface area contributed by atoms with Gasteiger partial charge in [-0.05, 0) is 52.3 Å². The van der Waals surface area contributed by atoms with Gasteiger partial charge in [0, 0.05) is 25.6 Å². The van der Waals surface area contributed by atoms with Crippen LogP contribution in [0.1, 0.15) is 40.0 Å². The van der Waals surface area contributed by atoms with E-state index in [1.54, 1.807) is 0 Å². The third kappa shape index (κ3) is 6.07. The zero-order chi connectivity index (χ0) is 16.4. The van der Waals surface area contributed by atoms with E-state index in [-0.39, 0.29) is 12.5 Å². The number of nitrogens with one attached hydrogen (secondary N) is 3. The molecule has 0 spiro atoms. The number of nitrogens with zero attached hydrogens (tertiary/aromatic N) is 3. The Hall–Kier alpha value is -1.54. The van der Waals surface area contributed by atoms with Crippen molar-refractivity contribution in [2.75, 3.05) is 19.7 Å². The molecule has 7 nitrogen and oxygen atoms in total. The Kier molecular flexibility index (Phi) is 8.61. The quantitative estimate of drug-likeness (QED) is 0.253. The second-order valence-electron chi connectivity index (χ2n) is 4.95. The molecule has 1 aliphatic carbocycles. The maximum Gasteiger partial charge on any atom is 0.186 e. The summed E-state index contributed by atoms with van der Waals surface area (Å²) in [4.78, 5) is 4.24. The van der Waals surface area contributed by atoms with Gasteiger partial charge in [-0.15, -0.1) is 0 Å². The van der Waals surface area contributed by atoms with Crippen LogP contribution in [0.2, 0.25) is 0 Å². The molecule has 0 bridgehead atoms. The molecule has 1 saturated carbocycles. The number of amidine groups is 1. The zero-order valence-electron chi connectivity index (χ0n) is 13.5. The minimum absolute atomic E-state index is 0.137. The number of aliphatic imine (C=N–C) groups is 1. The number of rotatable bonds is 6. The highest BCUT2D eigenvalue weighted by Gasteiger charge is 2.28. The molecule has 0 heterocycles. The smallest absolute Gasteiger partial charge is 0.186 e. The molecular weight excluding hydrogens is 300 g/mol. The summed E-state index contributed by atoms with van der Waals surface area (Å²) in [7, 11) is 0. The van der Waals surface area contributed by atoms with Gasteiger partial charge in [0.25, 0.3) is 0 Å². The summed E-state index contributed by atoms with van der Waals surface area (Å²) in [5.41, 5.74) is 7.53. The van der Waals surface area contributed by atoms with Gasteiger partial charge in [-0.2, -0.15) is 10.2 Å². The van der Waals surface area contributed by atoms with Crippen molar-refractivity contribution in [1.82, 2.24) is 16.2 Å². The Balaban J connectivity index is 2.81. The molecule has 0 aromatic rings. The molecule has 0 aromatic carbocycles. The normalized spacial score (nSPS) is 22.2. The molecule has 0 aliphatic heterocycles. The van der Waals surface area contributed by atoms with Gasteiger partial charge in [-0.3, -0.25) is 15.8 Å². The first kappa shape index (κ1) is 18.5. The van der Waals surface area contributed by atoms with E-state index in [1.807, 2.05) is 20.8 Å². The monoisotopic (exact) mass is 326 g/mol. The van der Waals surface area contributed by atoms with E-state index in [2.05, 4.69) is 31.4 Å². The van der Waals surface area contributed by atoms with Gasteiger partial charge in [0.05, 0.1) is 11.4 Å². The lowest BCUT2D eigenvalue weighted by atomic mass is 10.0. The third-order valence-corrected chi connectivity index (χ3v) is 3.49. The number of hydrogen-bond donors (Lipinski definition) is 4. The van der Waals surface area contributed by atoms with Crippen LogP contribution < -0.4 is 16.2 Å². The first-order chi connectivity index (χ1) is 10.6. The number of aliphatic hydroxyl groups is 1. The maximum absolute atomic E-state index is 9.19. The van der Waals surface area contributed by atoms with E-state index >= 15 is 0 Å². The van der Waals surface area contributed by atoms with Crippen molar-refractivity contribution in [2.24, 2.45) is 21.1 Å². The van der Waals surface area contributed by atoms with Crippen molar-refractivity contribution < 1.29 is 5.11 Å². The number of hydrogen-bond acceptors (Lipinski definition) is 5. The van der Waals surface area contributed by atoms with E-state index in [1.165, 1.54) is 0 Å². The number of thiocarbonyl (C=S) groups is 1. The van der Waals surface area contributed by atoms with Crippen LogP contribution in [0.5, 0.6) is 0 Å². The molecule has 1 fully saturated rings. The third-order valence-electron chi connectivity index (χ3n) is 3.25. The van der Waals surface area contributed by atoms with Crippen LogP contribution in [-0.2, 0) is 0 Å². The molecular formula is C14H26N6OS. The van der Waals surface area contributed by atoms with Crippen LogP contribution in [0.15, 0.2) is 15.2 Å². The Morgan fingerprint density at radius 3 is 2.73 bits per heavy atom.